The standard InChI is InChI=1S/C22H26N6O2S/c1-2-14-4-3-7-25-20(14)22(27-30)9-17-5-6-18(10-22)28(17)21(29)15-8-19(31-13-15)16(11-23)12-26-24/h3-4,7-8,11-13,17-18,23,26H,2,5-6,9-10,24H2,1H3/b16-12+,23-11?. The van der Waals surface area contributed by atoms with Crippen molar-refractivity contribution in [3.05, 3.63) is 62.6 Å². The number of fused-ring (bicyclic) bond motifs is 2. The number of rotatable bonds is 7. The number of thiophene rings is 1. The van der Waals surface area contributed by atoms with E-state index in [-0.39, 0.29) is 18.0 Å². The van der Waals surface area contributed by atoms with Crippen molar-refractivity contribution >= 4 is 29.0 Å². The van der Waals surface area contributed by atoms with E-state index >= 15 is 0 Å². The van der Waals surface area contributed by atoms with Gasteiger partial charge in [0.15, 0.2) is 0 Å². The summed E-state index contributed by atoms with van der Waals surface area (Å²) in [6, 6.07) is 5.62. The smallest absolute Gasteiger partial charge is 0.255 e. The second-order valence-corrected chi connectivity index (χ2v) is 9.01. The number of nitrogens with zero attached hydrogens (tertiary/aromatic N) is 3. The van der Waals surface area contributed by atoms with Crippen LogP contribution in [0.1, 0.15) is 59.1 Å². The predicted octanol–water partition coefficient (Wildman–Crippen LogP) is 3.59. The molecular weight excluding hydrogens is 412 g/mol. The van der Waals surface area contributed by atoms with Crippen molar-refractivity contribution in [3.63, 3.8) is 0 Å². The van der Waals surface area contributed by atoms with Gasteiger partial charge in [0, 0.05) is 59.4 Å². The molecule has 162 valence electrons. The van der Waals surface area contributed by atoms with Gasteiger partial charge < -0.3 is 15.7 Å². The van der Waals surface area contributed by atoms with Gasteiger partial charge in [-0.2, -0.15) is 0 Å². The van der Waals surface area contributed by atoms with Crippen LogP contribution in [0.5, 0.6) is 0 Å². The lowest BCUT2D eigenvalue weighted by Crippen LogP contribution is -2.51. The monoisotopic (exact) mass is 438 g/mol. The van der Waals surface area contributed by atoms with Crippen LogP contribution >= 0.6 is 11.3 Å². The molecule has 31 heavy (non-hydrogen) atoms. The summed E-state index contributed by atoms with van der Waals surface area (Å²) >= 11 is 1.40. The summed E-state index contributed by atoms with van der Waals surface area (Å²) in [7, 11) is 0. The number of hydrazine groups is 1. The number of nitrogens with one attached hydrogen (secondary N) is 2. The number of aromatic nitrogens is 1. The number of hydrogen-bond donors (Lipinski definition) is 3. The molecule has 2 fully saturated rings. The predicted molar refractivity (Wildman–Crippen MR) is 122 cm³/mol. The number of nitrogens with two attached hydrogens (primary N) is 1. The maximum atomic E-state index is 13.4. The molecule has 2 bridgehead atoms. The van der Waals surface area contributed by atoms with E-state index < -0.39 is 5.54 Å². The van der Waals surface area contributed by atoms with E-state index in [0.717, 1.165) is 35.4 Å². The number of amides is 1. The fraction of sp³-hybridized carbons (Fsp3) is 0.409. The van der Waals surface area contributed by atoms with Gasteiger partial charge in [-0.05, 0) is 37.0 Å². The average molecular weight is 439 g/mol. The third-order valence-corrected chi connectivity index (χ3v) is 7.39. The summed E-state index contributed by atoms with van der Waals surface area (Å²) < 4.78 is 0. The quantitative estimate of drug-likeness (QED) is 0.264. The number of piperidine rings is 1. The molecule has 1 amide bonds. The number of carbonyl (C=O) groups excluding carboxylic acids is 1. The fourth-order valence-electron chi connectivity index (χ4n) is 5.03. The van der Waals surface area contributed by atoms with Crippen molar-refractivity contribution in [2.75, 3.05) is 0 Å². The summed E-state index contributed by atoms with van der Waals surface area (Å²) in [5.41, 5.74) is 4.58. The summed E-state index contributed by atoms with van der Waals surface area (Å²) in [5.74, 6) is 5.31. The van der Waals surface area contributed by atoms with Crippen LogP contribution < -0.4 is 11.3 Å². The Balaban J connectivity index is 1.61. The minimum atomic E-state index is -0.877. The number of hydrogen-bond acceptors (Lipinski definition) is 8. The van der Waals surface area contributed by atoms with Gasteiger partial charge in [-0.1, -0.05) is 18.2 Å². The Kier molecular flexibility index (Phi) is 5.97. The molecule has 0 radical (unpaired) electrons. The lowest BCUT2D eigenvalue weighted by Gasteiger charge is -2.43. The first kappa shape index (κ1) is 21.3. The molecule has 0 spiro atoms. The Hall–Kier alpha value is -2.91. The normalized spacial score (nSPS) is 25.4. The van der Waals surface area contributed by atoms with Crippen molar-refractivity contribution in [1.29, 1.82) is 5.41 Å². The number of nitroso groups, excluding NO2 is 1. The van der Waals surface area contributed by atoms with E-state index in [1.54, 1.807) is 12.3 Å². The first-order valence-corrected chi connectivity index (χ1v) is 11.3. The third kappa shape index (κ3) is 3.68. The topological polar surface area (TPSA) is 125 Å². The van der Waals surface area contributed by atoms with Gasteiger partial charge in [-0.3, -0.25) is 15.6 Å². The van der Waals surface area contributed by atoms with Gasteiger partial charge in [-0.25, -0.2) is 0 Å². The highest BCUT2D eigenvalue weighted by Crippen LogP contribution is 2.48. The van der Waals surface area contributed by atoms with Crippen molar-refractivity contribution in [1.82, 2.24) is 15.3 Å². The maximum Gasteiger partial charge on any atom is 0.255 e. The summed E-state index contributed by atoms with van der Waals surface area (Å²) in [4.78, 5) is 32.8. The molecule has 4 N–H and O–H groups in total. The zero-order valence-corrected chi connectivity index (χ0v) is 18.2. The molecule has 2 saturated heterocycles. The third-order valence-electron chi connectivity index (χ3n) is 6.41. The largest absolute Gasteiger partial charge is 0.332 e. The number of aryl methyl sites for hydroxylation is 1. The minimum absolute atomic E-state index is 0.0312. The van der Waals surface area contributed by atoms with E-state index in [2.05, 4.69) is 22.5 Å². The molecule has 2 aliphatic heterocycles. The Bertz CT molecular complexity index is 1020. The van der Waals surface area contributed by atoms with Crippen LogP contribution in [0.15, 0.2) is 41.2 Å². The zero-order valence-electron chi connectivity index (χ0n) is 17.4. The minimum Gasteiger partial charge on any atom is -0.332 e. The zero-order chi connectivity index (χ0) is 22.0. The highest BCUT2D eigenvalue weighted by atomic mass is 32.1. The summed E-state index contributed by atoms with van der Waals surface area (Å²) in [5, 5.41) is 13.0. The van der Waals surface area contributed by atoms with Crippen LogP contribution in [0.4, 0.5) is 0 Å². The van der Waals surface area contributed by atoms with Crippen molar-refractivity contribution < 1.29 is 4.79 Å². The Labute approximate surface area is 185 Å². The highest BCUT2D eigenvalue weighted by molar-refractivity contribution is 7.11. The molecule has 0 aromatic carbocycles. The van der Waals surface area contributed by atoms with Crippen LogP contribution in [0, 0.1) is 10.3 Å². The number of pyridine rings is 1. The molecule has 8 nitrogen and oxygen atoms in total. The molecule has 2 unspecified atom stereocenters. The molecule has 2 atom stereocenters. The highest BCUT2D eigenvalue weighted by Gasteiger charge is 2.53. The van der Waals surface area contributed by atoms with E-state index in [1.165, 1.54) is 23.8 Å². The van der Waals surface area contributed by atoms with Crippen LogP contribution in [-0.2, 0) is 12.0 Å². The molecule has 4 rings (SSSR count). The Morgan fingerprint density at radius 2 is 2.19 bits per heavy atom. The van der Waals surface area contributed by atoms with E-state index in [9.17, 15) is 9.70 Å². The lowest BCUT2D eigenvalue weighted by atomic mass is 9.78. The van der Waals surface area contributed by atoms with Crippen molar-refractivity contribution in [2.24, 2.45) is 11.0 Å². The number of allylic oxidation sites excluding steroid dienone is 1. The van der Waals surface area contributed by atoms with Gasteiger partial charge in [0.25, 0.3) is 5.91 Å². The van der Waals surface area contributed by atoms with Gasteiger partial charge in [0.1, 0.15) is 5.54 Å². The molecular formula is C22H26N6O2S. The number of carbonyl (C=O) groups is 1. The maximum absolute atomic E-state index is 13.4. The first-order chi connectivity index (χ1) is 15.1. The molecule has 0 saturated carbocycles. The Morgan fingerprint density at radius 3 is 2.81 bits per heavy atom. The van der Waals surface area contributed by atoms with E-state index in [0.29, 0.717) is 24.0 Å². The second-order valence-electron chi connectivity index (χ2n) is 8.10. The van der Waals surface area contributed by atoms with Crippen LogP contribution in [0.25, 0.3) is 5.57 Å². The molecule has 0 aliphatic carbocycles. The van der Waals surface area contributed by atoms with Crippen LogP contribution in [0.3, 0.4) is 0 Å². The fourth-order valence-corrected chi connectivity index (χ4v) is 5.90. The molecule has 2 aromatic heterocycles. The first-order valence-electron chi connectivity index (χ1n) is 10.4. The van der Waals surface area contributed by atoms with Crippen LogP contribution in [0.2, 0.25) is 0 Å². The molecule has 4 heterocycles. The molecule has 2 aliphatic rings. The van der Waals surface area contributed by atoms with Gasteiger partial charge >= 0.3 is 0 Å². The van der Waals surface area contributed by atoms with Crippen LogP contribution in [-0.4, -0.2) is 34.1 Å². The van der Waals surface area contributed by atoms with Crippen molar-refractivity contribution in [2.45, 2.75) is 56.7 Å². The summed E-state index contributed by atoms with van der Waals surface area (Å²) in [6.07, 6.45) is 7.97. The van der Waals surface area contributed by atoms with Gasteiger partial charge in [0.05, 0.1) is 11.3 Å². The Morgan fingerprint density at radius 1 is 1.45 bits per heavy atom. The molecule has 9 heteroatoms. The second kappa shape index (κ2) is 8.68. The van der Waals surface area contributed by atoms with Crippen molar-refractivity contribution in [3.8, 4) is 0 Å². The lowest BCUT2D eigenvalue weighted by molar-refractivity contribution is 0.0475. The molecule has 2 aromatic rings. The van der Waals surface area contributed by atoms with E-state index in [4.69, 9.17) is 11.3 Å². The summed E-state index contributed by atoms with van der Waals surface area (Å²) in [6.45, 7) is 2.05. The van der Waals surface area contributed by atoms with Gasteiger partial charge in [0.2, 0.25) is 0 Å². The SMILES string of the molecule is CCc1cccnc1C1(N=O)CC2CCC(C1)N2C(=O)c1csc(/C(C=N)=C/NN)c1. The van der Waals surface area contributed by atoms with Gasteiger partial charge in [-0.15, -0.1) is 16.2 Å². The van der Waals surface area contributed by atoms with E-state index in [1.807, 2.05) is 22.4 Å². The average Bonchev–Trinajstić information content (AvgIpc) is 3.40.